The number of thioether (sulfide) groups is 1. The Balaban J connectivity index is 1.69. The smallest absolute Gasteiger partial charge is 0.237 e. The van der Waals surface area contributed by atoms with Crippen LogP contribution in [0.4, 0.5) is 11.4 Å². The predicted octanol–water partition coefficient (Wildman–Crippen LogP) is 6.31. The molecule has 29 heavy (non-hydrogen) atoms. The lowest BCUT2D eigenvalue weighted by atomic mass is 10.2. The third-order valence-electron chi connectivity index (χ3n) is 4.15. The van der Waals surface area contributed by atoms with Crippen LogP contribution >= 0.6 is 39.0 Å². The molecule has 2 N–H and O–H groups in total. The van der Waals surface area contributed by atoms with E-state index in [9.17, 15) is 9.59 Å². The van der Waals surface area contributed by atoms with Gasteiger partial charge in [-0.2, -0.15) is 0 Å². The van der Waals surface area contributed by atoms with Crippen molar-refractivity contribution in [2.24, 2.45) is 0 Å². The number of nitrogens with zero attached hydrogens (tertiary/aromatic N) is 1. The molecule has 0 aliphatic rings. The number of aromatic nitrogens is 1. The van der Waals surface area contributed by atoms with Gasteiger partial charge in [0.2, 0.25) is 11.8 Å². The first kappa shape index (κ1) is 21.8. The molecule has 3 aromatic rings. The SMILES string of the molecule is CCCC(=O)Nc1ccc2nc(S[C@H](CC)C(=O)Nc3ccc(Br)cc3)sc2c1. The number of hydrogen-bond acceptors (Lipinski definition) is 5. The molecule has 1 heterocycles. The molecular weight excluding hydrogens is 470 g/mol. The van der Waals surface area contributed by atoms with Crippen molar-refractivity contribution in [3.05, 3.63) is 46.9 Å². The molecule has 0 unspecified atom stereocenters. The number of amides is 2. The standard InChI is InChI=1S/C21H22BrN3O2S2/c1-3-5-19(26)23-15-10-11-16-18(12-15)29-21(25-16)28-17(4-2)20(27)24-14-8-6-13(22)7-9-14/h6-12,17H,3-5H2,1-2H3,(H,23,26)(H,24,27)/t17-/m1/s1. The number of thiazole rings is 1. The van der Waals surface area contributed by atoms with Crippen LogP contribution in [0, 0.1) is 0 Å². The molecule has 3 rings (SSSR count). The lowest BCUT2D eigenvalue weighted by Gasteiger charge is -2.13. The molecule has 1 atom stereocenters. The van der Waals surface area contributed by atoms with Gasteiger partial charge in [-0.1, -0.05) is 41.5 Å². The molecule has 0 saturated heterocycles. The minimum absolute atomic E-state index is 0.0154. The van der Waals surface area contributed by atoms with E-state index < -0.39 is 0 Å². The molecular formula is C21H22BrN3O2S2. The van der Waals surface area contributed by atoms with E-state index in [0.717, 1.165) is 36.8 Å². The van der Waals surface area contributed by atoms with Crippen molar-refractivity contribution in [1.82, 2.24) is 4.98 Å². The Morgan fingerprint density at radius 1 is 1.10 bits per heavy atom. The molecule has 0 spiro atoms. The number of carbonyl (C=O) groups excluding carboxylic acids is 2. The highest BCUT2D eigenvalue weighted by molar-refractivity contribution is 9.10. The molecule has 0 fully saturated rings. The van der Waals surface area contributed by atoms with Crippen LogP contribution in [0.25, 0.3) is 10.2 Å². The van der Waals surface area contributed by atoms with Gasteiger partial charge in [0.1, 0.15) is 0 Å². The second-order valence-corrected chi connectivity index (χ2v) is 9.87. The molecule has 2 amide bonds. The zero-order valence-corrected chi connectivity index (χ0v) is 19.4. The van der Waals surface area contributed by atoms with Crippen LogP contribution in [0.3, 0.4) is 0 Å². The second kappa shape index (κ2) is 10.2. The van der Waals surface area contributed by atoms with Crippen LogP contribution in [0.15, 0.2) is 51.3 Å². The van der Waals surface area contributed by atoms with Crippen molar-refractivity contribution >= 4 is 72.4 Å². The van der Waals surface area contributed by atoms with Gasteiger partial charge in [-0.05, 0) is 55.3 Å². The van der Waals surface area contributed by atoms with Gasteiger partial charge in [-0.15, -0.1) is 11.3 Å². The first-order valence-corrected chi connectivity index (χ1v) is 11.9. The Bertz CT molecular complexity index is 1000. The number of fused-ring (bicyclic) bond motifs is 1. The number of carbonyl (C=O) groups is 2. The Morgan fingerprint density at radius 2 is 1.83 bits per heavy atom. The quantitative estimate of drug-likeness (QED) is 0.362. The van der Waals surface area contributed by atoms with Gasteiger partial charge in [0.25, 0.3) is 0 Å². The van der Waals surface area contributed by atoms with Crippen molar-refractivity contribution in [2.75, 3.05) is 10.6 Å². The number of rotatable bonds is 8. The first-order valence-electron chi connectivity index (χ1n) is 9.42. The topological polar surface area (TPSA) is 71.1 Å². The van der Waals surface area contributed by atoms with Crippen LogP contribution in [-0.4, -0.2) is 22.0 Å². The Labute approximate surface area is 186 Å². The summed E-state index contributed by atoms with van der Waals surface area (Å²) in [7, 11) is 0. The van der Waals surface area contributed by atoms with Crippen molar-refractivity contribution in [3.8, 4) is 0 Å². The third-order valence-corrected chi connectivity index (χ3v) is 7.15. The van der Waals surface area contributed by atoms with Crippen LogP contribution in [0.1, 0.15) is 33.1 Å². The zero-order valence-electron chi connectivity index (χ0n) is 16.2. The minimum Gasteiger partial charge on any atom is -0.326 e. The number of halogens is 1. The first-order chi connectivity index (χ1) is 14.0. The van der Waals surface area contributed by atoms with E-state index in [1.165, 1.54) is 23.1 Å². The summed E-state index contributed by atoms with van der Waals surface area (Å²) in [4.78, 5) is 29.1. The lowest BCUT2D eigenvalue weighted by Crippen LogP contribution is -2.24. The van der Waals surface area contributed by atoms with Crippen molar-refractivity contribution in [2.45, 2.75) is 42.7 Å². The molecule has 0 bridgehead atoms. The zero-order chi connectivity index (χ0) is 20.8. The summed E-state index contributed by atoms with van der Waals surface area (Å²) in [6.07, 6.45) is 2.02. The van der Waals surface area contributed by atoms with Crippen LogP contribution < -0.4 is 10.6 Å². The Hall–Kier alpha value is -1.90. The predicted molar refractivity (Wildman–Crippen MR) is 126 cm³/mol. The third kappa shape index (κ3) is 6.04. The number of anilines is 2. The summed E-state index contributed by atoms with van der Waals surface area (Å²) in [5, 5.41) is 5.64. The van der Waals surface area contributed by atoms with E-state index in [2.05, 4.69) is 31.5 Å². The van der Waals surface area contributed by atoms with Gasteiger partial charge >= 0.3 is 0 Å². The molecule has 0 saturated carbocycles. The Kier molecular flexibility index (Phi) is 7.69. The van der Waals surface area contributed by atoms with E-state index in [1.54, 1.807) is 0 Å². The summed E-state index contributed by atoms with van der Waals surface area (Å²) in [6, 6.07) is 13.2. The molecule has 0 radical (unpaired) electrons. The summed E-state index contributed by atoms with van der Waals surface area (Å²) in [5.41, 5.74) is 2.42. The molecule has 152 valence electrons. The maximum absolute atomic E-state index is 12.7. The maximum atomic E-state index is 12.7. The highest BCUT2D eigenvalue weighted by atomic mass is 79.9. The minimum atomic E-state index is -0.233. The normalized spacial score (nSPS) is 12.0. The van der Waals surface area contributed by atoms with Gasteiger partial charge in [0, 0.05) is 22.3 Å². The Morgan fingerprint density at radius 3 is 2.52 bits per heavy atom. The van der Waals surface area contributed by atoms with Gasteiger partial charge in [-0.3, -0.25) is 9.59 Å². The molecule has 1 aromatic heterocycles. The summed E-state index contributed by atoms with van der Waals surface area (Å²) >= 11 is 6.40. The molecule has 8 heteroatoms. The van der Waals surface area contributed by atoms with E-state index >= 15 is 0 Å². The van der Waals surface area contributed by atoms with Crippen LogP contribution in [0.2, 0.25) is 0 Å². The molecule has 5 nitrogen and oxygen atoms in total. The summed E-state index contributed by atoms with van der Waals surface area (Å²) < 4.78 is 2.80. The fourth-order valence-corrected chi connectivity index (χ4v) is 5.22. The van der Waals surface area contributed by atoms with Crippen molar-refractivity contribution < 1.29 is 9.59 Å². The van der Waals surface area contributed by atoms with Crippen LogP contribution in [-0.2, 0) is 9.59 Å². The highest BCUT2D eigenvalue weighted by Crippen LogP contribution is 2.34. The van der Waals surface area contributed by atoms with E-state index in [0.29, 0.717) is 12.8 Å². The molecule has 0 aliphatic carbocycles. The van der Waals surface area contributed by atoms with Crippen molar-refractivity contribution in [1.29, 1.82) is 0 Å². The maximum Gasteiger partial charge on any atom is 0.237 e. The summed E-state index contributed by atoms with van der Waals surface area (Å²) in [6.45, 7) is 3.97. The second-order valence-electron chi connectivity index (χ2n) is 6.47. The van der Waals surface area contributed by atoms with Gasteiger partial charge in [0.05, 0.1) is 15.5 Å². The fraction of sp³-hybridized carbons (Fsp3) is 0.286. The molecule has 0 aliphatic heterocycles. The largest absolute Gasteiger partial charge is 0.326 e. The fourth-order valence-electron chi connectivity index (χ4n) is 2.68. The average Bonchev–Trinajstić information content (AvgIpc) is 3.09. The van der Waals surface area contributed by atoms with Crippen LogP contribution in [0.5, 0.6) is 0 Å². The highest BCUT2D eigenvalue weighted by Gasteiger charge is 2.20. The van der Waals surface area contributed by atoms with Gasteiger partial charge < -0.3 is 10.6 Å². The summed E-state index contributed by atoms with van der Waals surface area (Å²) in [5.74, 6) is -0.0202. The number of benzene rings is 2. The monoisotopic (exact) mass is 491 g/mol. The van der Waals surface area contributed by atoms with E-state index in [-0.39, 0.29) is 17.1 Å². The van der Waals surface area contributed by atoms with Gasteiger partial charge in [0.15, 0.2) is 4.34 Å². The van der Waals surface area contributed by atoms with Gasteiger partial charge in [-0.25, -0.2) is 4.98 Å². The average molecular weight is 492 g/mol. The van der Waals surface area contributed by atoms with Crippen molar-refractivity contribution in [3.63, 3.8) is 0 Å². The van der Waals surface area contributed by atoms with E-state index in [1.807, 2.05) is 56.3 Å². The lowest BCUT2D eigenvalue weighted by molar-refractivity contribution is -0.116. The number of nitrogens with one attached hydrogen (secondary N) is 2. The number of hydrogen-bond donors (Lipinski definition) is 2. The molecule has 2 aromatic carbocycles. The van der Waals surface area contributed by atoms with E-state index in [4.69, 9.17) is 0 Å².